The van der Waals surface area contributed by atoms with Crippen LogP contribution in [0.5, 0.6) is 0 Å². The van der Waals surface area contributed by atoms with Gasteiger partial charge in [0.05, 0.1) is 13.1 Å². The molecule has 0 aliphatic rings. The minimum atomic E-state index is 0.429. The molecular formula is C21H19ClN6S. The van der Waals surface area contributed by atoms with Crippen LogP contribution < -0.4 is 10.6 Å². The molecule has 0 saturated carbocycles. The van der Waals surface area contributed by atoms with Crippen LogP contribution in [0.15, 0.2) is 79.1 Å². The molecule has 8 heteroatoms. The highest BCUT2D eigenvalue weighted by Crippen LogP contribution is 2.16. The maximum Gasteiger partial charge on any atom is 0.177 e. The summed E-state index contributed by atoms with van der Waals surface area (Å²) in [5.41, 5.74) is 2.19. The fourth-order valence-corrected chi connectivity index (χ4v) is 3.27. The molecule has 0 aliphatic carbocycles. The molecule has 0 amide bonds. The Bertz CT molecular complexity index is 1110. The molecule has 2 heterocycles. The van der Waals surface area contributed by atoms with Gasteiger partial charge in [0.15, 0.2) is 16.7 Å². The number of nitrogens with one attached hydrogen (secondary N) is 2. The molecule has 2 N–H and O–H groups in total. The van der Waals surface area contributed by atoms with E-state index in [1.54, 1.807) is 4.68 Å². The first-order valence-electron chi connectivity index (χ1n) is 9.08. The Morgan fingerprint density at radius 1 is 0.793 bits per heavy atom. The Morgan fingerprint density at radius 2 is 1.38 bits per heavy atom. The van der Waals surface area contributed by atoms with Crippen LogP contribution >= 0.6 is 23.8 Å². The van der Waals surface area contributed by atoms with Gasteiger partial charge in [0.2, 0.25) is 0 Å². The summed E-state index contributed by atoms with van der Waals surface area (Å²) in [4.78, 5) is 0. The lowest BCUT2D eigenvalue weighted by molar-refractivity contribution is 0.689. The molecule has 4 rings (SSSR count). The summed E-state index contributed by atoms with van der Waals surface area (Å²) in [6.07, 6.45) is 3.79. The second-order valence-corrected chi connectivity index (χ2v) is 7.27. The van der Waals surface area contributed by atoms with Crippen molar-refractivity contribution >= 4 is 40.6 Å². The monoisotopic (exact) mass is 422 g/mol. The summed E-state index contributed by atoms with van der Waals surface area (Å²) < 4.78 is 3.67. The van der Waals surface area contributed by atoms with Gasteiger partial charge in [-0.1, -0.05) is 60.1 Å². The van der Waals surface area contributed by atoms with Crippen molar-refractivity contribution in [2.75, 3.05) is 10.6 Å². The van der Waals surface area contributed by atoms with Crippen LogP contribution in [-0.2, 0) is 13.1 Å². The van der Waals surface area contributed by atoms with Crippen molar-refractivity contribution in [2.45, 2.75) is 13.1 Å². The highest BCUT2D eigenvalue weighted by Gasteiger charge is 2.06. The number of aromatic nitrogens is 4. The van der Waals surface area contributed by atoms with Gasteiger partial charge >= 0.3 is 0 Å². The number of rotatable bonds is 6. The van der Waals surface area contributed by atoms with E-state index >= 15 is 0 Å². The molecular weight excluding hydrogens is 404 g/mol. The quantitative estimate of drug-likeness (QED) is 0.443. The Balaban J connectivity index is 1.32. The van der Waals surface area contributed by atoms with Gasteiger partial charge in [-0.2, -0.15) is 10.2 Å². The fraction of sp³-hybridized carbons (Fsp3) is 0.0952. The first kappa shape index (κ1) is 19.2. The molecule has 2 aromatic carbocycles. The normalized spacial score (nSPS) is 10.7. The van der Waals surface area contributed by atoms with E-state index in [0.717, 1.165) is 10.6 Å². The zero-order valence-electron chi connectivity index (χ0n) is 15.5. The molecule has 2 aromatic heterocycles. The van der Waals surface area contributed by atoms with Crippen LogP contribution in [0.1, 0.15) is 11.1 Å². The van der Waals surface area contributed by atoms with E-state index in [9.17, 15) is 0 Å². The van der Waals surface area contributed by atoms with Gasteiger partial charge < -0.3 is 10.6 Å². The molecule has 4 aromatic rings. The molecule has 0 spiro atoms. The molecule has 0 saturated heterocycles. The van der Waals surface area contributed by atoms with Gasteiger partial charge in [0.1, 0.15) is 0 Å². The third-order valence-electron chi connectivity index (χ3n) is 4.24. The molecule has 0 fully saturated rings. The SMILES string of the molecule is S=C(Nc1ccn(Cc2ccccc2)n1)Nc1ccn(Cc2ccccc2Cl)n1. The molecule has 29 heavy (non-hydrogen) atoms. The van der Waals surface area contributed by atoms with E-state index in [1.807, 2.05) is 71.7 Å². The van der Waals surface area contributed by atoms with Crippen LogP contribution in [0, 0.1) is 0 Å². The van der Waals surface area contributed by atoms with Crippen molar-refractivity contribution < 1.29 is 0 Å². The van der Waals surface area contributed by atoms with Gasteiger partial charge in [-0.3, -0.25) is 9.36 Å². The van der Waals surface area contributed by atoms with Gasteiger partial charge in [0.25, 0.3) is 0 Å². The number of anilines is 2. The molecule has 146 valence electrons. The number of halogens is 1. The largest absolute Gasteiger partial charge is 0.316 e. The summed E-state index contributed by atoms with van der Waals surface area (Å²) >= 11 is 11.6. The third kappa shape index (κ3) is 5.22. The lowest BCUT2D eigenvalue weighted by Crippen LogP contribution is -2.20. The average molecular weight is 423 g/mol. The second-order valence-electron chi connectivity index (χ2n) is 6.45. The second kappa shape index (κ2) is 8.89. The van der Waals surface area contributed by atoms with E-state index in [4.69, 9.17) is 23.8 Å². The van der Waals surface area contributed by atoms with E-state index < -0.39 is 0 Å². The van der Waals surface area contributed by atoms with E-state index in [-0.39, 0.29) is 0 Å². The highest BCUT2D eigenvalue weighted by molar-refractivity contribution is 7.80. The van der Waals surface area contributed by atoms with Gasteiger partial charge in [0, 0.05) is 29.5 Å². The first-order chi connectivity index (χ1) is 14.2. The average Bonchev–Trinajstić information content (AvgIpc) is 3.34. The predicted molar refractivity (Wildman–Crippen MR) is 120 cm³/mol. The van der Waals surface area contributed by atoms with Crippen molar-refractivity contribution in [3.63, 3.8) is 0 Å². The Labute approximate surface area is 179 Å². The number of hydrogen-bond donors (Lipinski definition) is 2. The third-order valence-corrected chi connectivity index (χ3v) is 4.81. The van der Waals surface area contributed by atoms with Crippen molar-refractivity contribution in [1.29, 1.82) is 0 Å². The standard InChI is InChI=1S/C21H19ClN6S/c22-18-9-5-4-8-17(18)15-28-13-11-20(26-28)24-21(29)23-19-10-12-27(25-19)14-16-6-2-1-3-7-16/h1-13H,14-15H2,(H2,23,24,25,26,29). The van der Waals surface area contributed by atoms with Gasteiger partial charge in [-0.15, -0.1) is 0 Å². The van der Waals surface area contributed by atoms with Crippen molar-refractivity contribution in [2.24, 2.45) is 0 Å². The van der Waals surface area contributed by atoms with Crippen LogP contribution in [-0.4, -0.2) is 24.7 Å². The molecule has 0 radical (unpaired) electrons. The maximum atomic E-state index is 6.21. The lowest BCUT2D eigenvalue weighted by Gasteiger charge is -2.07. The number of hydrogen-bond acceptors (Lipinski definition) is 3. The van der Waals surface area contributed by atoms with E-state index in [1.165, 1.54) is 5.56 Å². The maximum absolute atomic E-state index is 6.21. The van der Waals surface area contributed by atoms with Crippen LogP contribution in [0.4, 0.5) is 11.6 Å². The molecule has 6 nitrogen and oxygen atoms in total. The highest BCUT2D eigenvalue weighted by atomic mass is 35.5. The van der Waals surface area contributed by atoms with Crippen LogP contribution in [0.2, 0.25) is 5.02 Å². The number of thiocarbonyl (C=S) groups is 1. The van der Waals surface area contributed by atoms with E-state index in [2.05, 4.69) is 33.0 Å². The Kier molecular flexibility index (Phi) is 5.88. The van der Waals surface area contributed by atoms with Crippen molar-refractivity contribution in [3.05, 3.63) is 95.3 Å². The zero-order valence-corrected chi connectivity index (χ0v) is 17.1. The molecule has 0 unspecified atom stereocenters. The van der Waals surface area contributed by atoms with E-state index in [0.29, 0.717) is 29.8 Å². The van der Waals surface area contributed by atoms with Crippen LogP contribution in [0.25, 0.3) is 0 Å². The summed E-state index contributed by atoms with van der Waals surface area (Å²) in [7, 11) is 0. The first-order valence-corrected chi connectivity index (χ1v) is 9.86. The zero-order chi connectivity index (χ0) is 20.1. The molecule has 0 atom stereocenters. The topological polar surface area (TPSA) is 59.7 Å². The summed E-state index contributed by atoms with van der Waals surface area (Å²) in [6.45, 7) is 1.29. The van der Waals surface area contributed by atoms with Crippen molar-refractivity contribution in [1.82, 2.24) is 19.6 Å². The smallest absolute Gasteiger partial charge is 0.177 e. The number of benzene rings is 2. The predicted octanol–water partition coefficient (Wildman–Crippen LogP) is 4.64. The van der Waals surface area contributed by atoms with Gasteiger partial charge in [-0.05, 0) is 29.4 Å². The summed E-state index contributed by atoms with van der Waals surface area (Å²) in [6, 6.07) is 21.6. The Morgan fingerprint density at radius 3 is 2.03 bits per heavy atom. The minimum Gasteiger partial charge on any atom is -0.316 e. The molecule has 0 aliphatic heterocycles. The summed E-state index contributed by atoms with van der Waals surface area (Å²) in [5, 5.41) is 16.3. The molecule has 0 bridgehead atoms. The van der Waals surface area contributed by atoms with Crippen LogP contribution in [0.3, 0.4) is 0 Å². The van der Waals surface area contributed by atoms with Crippen molar-refractivity contribution in [3.8, 4) is 0 Å². The minimum absolute atomic E-state index is 0.429. The fourth-order valence-electron chi connectivity index (χ4n) is 2.87. The number of nitrogens with zero attached hydrogens (tertiary/aromatic N) is 4. The summed E-state index contributed by atoms with van der Waals surface area (Å²) in [5.74, 6) is 1.33. The lowest BCUT2D eigenvalue weighted by atomic mass is 10.2. The Hall–Kier alpha value is -3.16. The van der Waals surface area contributed by atoms with Gasteiger partial charge in [-0.25, -0.2) is 0 Å².